The van der Waals surface area contributed by atoms with Crippen LogP contribution in [0.5, 0.6) is 0 Å². The molecule has 34 heavy (non-hydrogen) atoms. The van der Waals surface area contributed by atoms with Gasteiger partial charge in [0.15, 0.2) is 5.65 Å². The minimum Gasteiger partial charge on any atom is -0.368 e. The van der Waals surface area contributed by atoms with Gasteiger partial charge in [0.1, 0.15) is 11.0 Å². The predicted molar refractivity (Wildman–Crippen MR) is 137 cm³/mol. The zero-order valence-electron chi connectivity index (χ0n) is 19.7. The second-order valence-electron chi connectivity index (χ2n) is 9.77. The van der Waals surface area contributed by atoms with Gasteiger partial charge in [-0.3, -0.25) is 15.3 Å². The summed E-state index contributed by atoms with van der Waals surface area (Å²) in [5.41, 5.74) is 10.9. The fourth-order valence-electron chi connectivity index (χ4n) is 5.82. The van der Waals surface area contributed by atoms with Crippen molar-refractivity contribution in [3.8, 4) is 0 Å². The summed E-state index contributed by atoms with van der Waals surface area (Å²) in [6.07, 6.45) is 9.19. The molecule has 5 heterocycles. The van der Waals surface area contributed by atoms with Gasteiger partial charge in [0, 0.05) is 51.2 Å². The first-order valence-electron chi connectivity index (χ1n) is 12.5. The third kappa shape index (κ3) is 4.13. The number of hydrogen-bond donors (Lipinski definition) is 3. The van der Waals surface area contributed by atoms with Crippen molar-refractivity contribution in [3.63, 3.8) is 0 Å². The number of imidazole rings is 1. The van der Waals surface area contributed by atoms with Crippen molar-refractivity contribution >= 4 is 34.4 Å². The molecule has 9 heteroatoms. The van der Waals surface area contributed by atoms with Crippen LogP contribution >= 0.6 is 11.6 Å². The summed E-state index contributed by atoms with van der Waals surface area (Å²) in [5, 5.41) is 4.29. The Morgan fingerprint density at radius 3 is 2.82 bits per heavy atom. The average Bonchev–Trinajstić information content (AvgIpc) is 3.56. The molecule has 8 nitrogen and oxygen atoms in total. The lowest BCUT2D eigenvalue weighted by Gasteiger charge is -2.35. The normalized spacial score (nSPS) is 25.6. The molecule has 1 aliphatic carbocycles. The molecule has 3 atom stereocenters. The number of pyridine rings is 2. The Morgan fingerprint density at radius 1 is 1.15 bits per heavy atom. The molecule has 3 aromatic rings. The van der Waals surface area contributed by atoms with Crippen LogP contribution in [0.4, 0.5) is 17.2 Å². The molecule has 0 amide bonds. The Kier molecular flexibility index (Phi) is 6.07. The van der Waals surface area contributed by atoms with E-state index in [1.807, 2.05) is 23.0 Å². The summed E-state index contributed by atoms with van der Waals surface area (Å²) in [6.45, 7) is 8.72. The summed E-state index contributed by atoms with van der Waals surface area (Å²) >= 11 is 6.90. The average molecular weight is 481 g/mol. The van der Waals surface area contributed by atoms with Crippen molar-refractivity contribution in [2.45, 2.75) is 38.1 Å². The summed E-state index contributed by atoms with van der Waals surface area (Å²) < 4.78 is 1.99. The van der Waals surface area contributed by atoms with Gasteiger partial charge in [0.05, 0.1) is 17.6 Å². The van der Waals surface area contributed by atoms with E-state index in [0.717, 1.165) is 80.3 Å². The Balaban J connectivity index is 1.23. The first kappa shape index (κ1) is 22.1. The molecular weight excluding hydrogens is 448 g/mol. The molecule has 180 valence electrons. The molecule has 2 saturated heterocycles. The van der Waals surface area contributed by atoms with Gasteiger partial charge in [0.25, 0.3) is 0 Å². The zero-order valence-corrected chi connectivity index (χ0v) is 20.4. The Hall–Kier alpha value is -2.39. The van der Waals surface area contributed by atoms with Crippen LogP contribution in [0.3, 0.4) is 0 Å². The number of likely N-dealkylation sites (N-methyl/N-ethyl adjacent to an activating group) is 1. The first-order valence-corrected chi connectivity index (χ1v) is 12.9. The SMILES string of the molecule is CCN1CCN(c2ccc(Nc3cc(C4CCC5CNNC5C4)c(Cl)n4ccnc34)nc2)CC1. The third-order valence-electron chi connectivity index (χ3n) is 7.91. The second-order valence-corrected chi connectivity index (χ2v) is 10.1. The van der Waals surface area contributed by atoms with Gasteiger partial charge in [0.2, 0.25) is 0 Å². The molecule has 1 saturated carbocycles. The number of halogens is 1. The van der Waals surface area contributed by atoms with Crippen LogP contribution in [-0.4, -0.2) is 64.6 Å². The van der Waals surface area contributed by atoms with Crippen LogP contribution in [0.25, 0.3) is 5.65 Å². The molecule has 3 unspecified atom stereocenters. The lowest BCUT2D eigenvalue weighted by molar-refractivity contribution is 0.271. The van der Waals surface area contributed by atoms with Gasteiger partial charge in [-0.1, -0.05) is 18.5 Å². The maximum Gasteiger partial charge on any atom is 0.161 e. The van der Waals surface area contributed by atoms with Crippen LogP contribution in [0.15, 0.2) is 36.8 Å². The number of nitrogens with zero attached hydrogens (tertiary/aromatic N) is 5. The smallest absolute Gasteiger partial charge is 0.161 e. The van der Waals surface area contributed by atoms with E-state index >= 15 is 0 Å². The standard InChI is InChI=1S/C25H33ClN8/c1-2-32-9-11-33(12-10-32)19-5-6-23(28-16-19)30-22-14-20(24(26)34-8-7-27-25(22)34)17-3-4-18-15-29-31-21(18)13-17/h5-8,14,16-18,21,29,31H,2-4,9-13,15H2,1H3,(H,28,30). The van der Waals surface area contributed by atoms with Crippen LogP contribution in [-0.2, 0) is 0 Å². The fraction of sp³-hybridized carbons (Fsp3) is 0.520. The maximum atomic E-state index is 6.90. The number of nitrogens with one attached hydrogen (secondary N) is 3. The van der Waals surface area contributed by atoms with Crippen LogP contribution in [0, 0.1) is 5.92 Å². The lowest BCUT2D eigenvalue weighted by Crippen LogP contribution is -2.46. The van der Waals surface area contributed by atoms with Gasteiger partial charge >= 0.3 is 0 Å². The van der Waals surface area contributed by atoms with E-state index < -0.39 is 0 Å². The molecule has 6 rings (SSSR count). The largest absolute Gasteiger partial charge is 0.368 e. The van der Waals surface area contributed by atoms with Crippen LogP contribution < -0.4 is 21.1 Å². The minimum atomic E-state index is 0.422. The maximum absolute atomic E-state index is 6.90. The minimum absolute atomic E-state index is 0.422. The van der Waals surface area contributed by atoms with Gasteiger partial charge in [-0.25, -0.2) is 9.97 Å². The van der Waals surface area contributed by atoms with Crippen LogP contribution in [0.1, 0.15) is 37.7 Å². The summed E-state index contributed by atoms with van der Waals surface area (Å²) in [5.74, 6) is 1.96. The molecule has 2 aliphatic heterocycles. The van der Waals surface area contributed by atoms with Crippen molar-refractivity contribution in [1.82, 2.24) is 30.1 Å². The zero-order chi connectivity index (χ0) is 23.1. The van der Waals surface area contributed by atoms with Crippen molar-refractivity contribution in [2.24, 2.45) is 5.92 Å². The summed E-state index contributed by atoms with van der Waals surface area (Å²) in [7, 11) is 0. The van der Waals surface area contributed by atoms with Gasteiger partial charge < -0.3 is 15.1 Å². The monoisotopic (exact) mass is 480 g/mol. The van der Waals surface area contributed by atoms with Crippen molar-refractivity contribution < 1.29 is 0 Å². The molecule has 0 radical (unpaired) electrons. The molecule has 3 aromatic heterocycles. The van der Waals surface area contributed by atoms with Gasteiger partial charge in [-0.15, -0.1) is 0 Å². The number of anilines is 3. The highest BCUT2D eigenvalue weighted by atomic mass is 35.5. The highest BCUT2D eigenvalue weighted by Gasteiger charge is 2.35. The number of rotatable bonds is 5. The first-order chi connectivity index (χ1) is 16.7. The van der Waals surface area contributed by atoms with Gasteiger partial charge in [-0.05, 0) is 61.4 Å². The molecule has 0 spiro atoms. The van der Waals surface area contributed by atoms with E-state index in [-0.39, 0.29) is 0 Å². The van der Waals surface area contributed by atoms with E-state index in [1.165, 1.54) is 17.7 Å². The lowest BCUT2D eigenvalue weighted by atomic mass is 9.76. The van der Waals surface area contributed by atoms with E-state index in [0.29, 0.717) is 12.0 Å². The molecule has 0 aromatic carbocycles. The molecule has 0 bridgehead atoms. The Labute approximate surface area is 205 Å². The quantitative estimate of drug-likeness (QED) is 0.481. The number of piperazine rings is 1. The number of hydrogen-bond acceptors (Lipinski definition) is 7. The van der Waals surface area contributed by atoms with Crippen molar-refractivity contribution in [2.75, 3.05) is 49.5 Å². The van der Waals surface area contributed by atoms with Crippen molar-refractivity contribution in [1.29, 1.82) is 0 Å². The second kappa shape index (κ2) is 9.34. The Bertz CT molecular complexity index is 1140. The third-order valence-corrected chi connectivity index (χ3v) is 8.31. The molecule has 3 N–H and O–H groups in total. The molecular formula is C25H33ClN8. The highest BCUT2D eigenvalue weighted by molar-refractivity contribution is 6.30. The highest BCUT2D eigenvalue weighted by Crippen LogP contribution is 2.41. The van der Waals surface area contributed by atoms with Gasteiger partial charge in [-0.2, -0.15) is 0 Å². The van der Waals surface area contributed by atoms with E-state index in [9.17, 15) is 0 Å². The number of fused-ring (bicyclic) bond motifs is 2. The number of aromatic nitrogens is 3. The van der Waals surface area contributed by atoms with E-state index in [2.05, 4.69) is 56.1 Å². The molecule has 3 aliphatic rings. The van der Waals surface area contributed by atoms with Crippen LogP contribution in [0.2, 0.25) is 5.15 Å². The van der Waals surface area contributed by atoms with Crippen molar-refractivity contribution in [3.05, 3.63) is 47.5 Å². The number of hydrazine groups is 1. The summed E-state index contributed by atoms with van der Waals surface area (Å²) in [4.78, 5) is 14.2. The predicted octanol–water partition coefficient (Wildman–Crippen LogP) is 3.63. The van der Waals surface area contributed by atoms with E-state index in [4.69, 9.17) is 16.6 Å². The summed E-state index contributed by atoms with van der Waals surface area (Å²) in [6, 6.07) is 6.93. The molecule has 3 fully saturated rings. The van der Waals surface area contributed by atoms with E-state index in [1.54, 1.807) is 0 Å². The topological polar surface area (TPSA) is 72.8 Å². The Morgan fingerprint density at radius 2 is 2.03 bits per heavy atom. The fourth-order valence-corrected chi connectivity index (χ4v) is 6.17.